The molecule has 0 fully saturated rings. The zero-order valence-corrected chi connectivity index (χ0v) is 36.0. The van der Waals surface area contributed by atoms with Crippen LogP contribution >= 0.6 is 0 Å². The third-order valence-electron chi connectivity index (χ3n) is 12.7. The van der Waals surface area contributed by atoms with Gasteiger partial charge in [0.05, 0.1) is 44.6 Å². The van der Waals surface area contributed by atoms with Crippen molar-refractivity contribution < 1.29 is 26.3 Å². The highest BCUT2D eigenvalue weighted by Gasteiger charge is 2.37. The zero-order chi connectivity index (χ0) is 45.0. The van der Waals surface area contributed by atoms with Gasteiger partial charge < -0.3 is 9.13 Å². The fourth-order valence-electron chi connectivity index (χ4n) is 10.3. The smallest absolute Gasteiger partial charge is 0.309 e. The first-order valence-electron chi connectivity index (χ1n) is 21.1. The predicted octanol–water partition coefficient (Wildman–Crippen LogP) is 16.8. The molecule has 0 radical (unpaired) electrons. The highest BCUT2D eigenvalue weighted by Crippen LogP contribution is 2.47. The monoisotopic (exact) mass is 856 g/mol. The Morgan fingerprint density at radius 1 is 0.359 bits per heavy atom. The number of para-hydroxylation sites is 2. The standard InChI is InChI=1S/C56H42F6N2/c1-31-22-33(3)53(34(4)23-31)38-18-20-43-41-14-7-9-16-47(41)63(49(43)27-38)51-30-46(56(60,61)62)52(29-45(51)37-12-11-13-40(26-37)55(57,58)59)64-48-17-10-8-15-42(48)44-21-19-39(28-50(44)64)54-35(5)24-32(2)25-36(54)6/h7-30H,1-6H3. The van der Waals surface area contributed by atoms with Crippen molar-refractivity contribution in [2.24, 2.45) is 0 Å². The van der Waals surface area contributed by atoms with E-state index in [0.29, 0.717) is 22.1 Å². The van der Waals surface area contributed by atoms with Gasteiger partial charge in [-0.1, -0.05) is 108 Å². The van der Waals surface area contributed by atoms with Crippen LogP contribution in [0.4, 0.5) is 26.3 Å². The van der Waals surface area contributed by atoms with Crippen molar-refractivity contribution >= 4 is 43.6 Å². The van der Waals surface area contributed by atoms with Gasteiger partial charge in [0.1, 0.15) is 0 Å². The van der Waals surface area contributed by atoms with Gasteiger partial charge in [0.2, 0.25) is 0 Å². The van der Waals surface area contributed by atoms with E-state index in [9.17, 15) is 13.2 Å². The van der Waals surface area contributed by atoms with Crippen LogP contribution in [0.5, 0.6) is 0 Å². The molecule has 0 aliphatic heterocycles. The molecule has 2 heterocycles. The molecule has 0 saturated heterocycles. The van der Waals surface area contributed by atoms with E-state index in [1.54, 1.807) is 21.3 Å². The Hall–Kier alpha value is -7.06. The van der Waals surface area contributed by atoms with E-state index in [-0.39, 0.29) is 22.5 Å². The fourth-order valence-corrected chi connectivity index (χ4v) is 10.3. The van der Waals surface area contributed by atoms with E-state index in [1.165, 1.54) is 18.2 Å². The summed E-state index contributed by atoms with van der Waals surface area (Å²) in [5, 5.41) is 3.09. The summed E-state index contributed by atoms with van der Waals surface area (Å²) in [5.74, 6) is 0. The minimum atomic E-state index is -4.89. The van der Waals surface area contributed by atoms with Gasteiger partial charge in [0, 0.05) is 27.1 Å². The molecule has 10 rings (SSSR count). The second kappa shape index (κ2) is 14.8. The molecule has 2 aromatic heterocycles. The minimum absolute atomic E-state index is 0.100. The van der Waals surface area contributed by atoms with Crippen molar-refractivity contribution in [1.29, 1.82) is 0 Å². The second-order valence-corrected chi connectivity index (χ2v) is 17.2. The Morgan fingerprint density at radius 3 is 1.28 bits per heavy atom. The molecule has 8 aromatic carbocycles. The van der Waals surface area contributed by atoms with Crippen LogP contribution in [0.1, 0.15) is 44.5 Å². The van der Waals surface area contributed by atoms with Gasteiger partial charge in [-0.25, -0.2) is 0 Å². The van der Waals surface area contributed by atoms with Crippen molar-refractivity contribution in [3.63, 3.8) is 0 Å². The number of fused-ring (bicyclic) bond motifs is 6. The number of halogens is 6. The lowest BCUT2D eigenvalue weighted by atomic mass is 9.93. The number of alkyl halides is 6. The number of benzene rings is 8. The maximum atomic E-state index is 16.2. The van der Waals surface area contributed by atoms with Crippen LogP contribution < -0.4 is 0 Å². The first-order valence-corrected chi connectivity index (χ1v) is 21.1. The first kappa shape index (κ1) is 41.0. The summed E-state index contributed by atoms with van der Waals surface area (Å²) >= 11 is 0. The molecule has 10 aromatic rings. The normalized spacial score (nSPS) is 12.4. The van der Waals surface area contributed by atoms with Crippen LogP contribution in [-0.2, 0) is 12.4 Å². The van der Waals surface area contributed by atoms with E-state index >= 15 is 13.2 Å². The number of aromatic nitrogens is 2. The Morgan fingerprint density at radius 2 is 0.812 bits per heavy atom. The average molecular weight is 857 g/mol. The Bertz CT molecular complexity index is 3500. The molecule has 0 N–H and O–H groups in total. The topological polar surface area (TPSA) is 9.86 Å². The van der Waals surface area contributed by atoms with Gasteiger partial charge in [-0.2, -0.15) is 26.3 Å². The van der Waals surface area contributed by atoms with Crippen LogP contribution in [-0.4, -0.2) is 9.13 Å². The molecule has 8 heteroatoms. The van der Waals surface area contributed by atoms with Crippen LogP contribution in [0.25, 0.3) is 88.4 Å². The molecule has 0 aliphatic carbocycles. The van der Waals surface area contributed by atoms with Gasteiger partial charge in [0.25, 0.3) is 0 Å². The van der Waals surface area contributed by atoms with Gasteiger partial charge in [-0.3, -0.25) is 0 Å². The Balaban J connectivity index is 1.35. The molecule has 0 saturated carbocycles. The molecule has 0 amide bonds. The summed E-state index contributed by atoms with van der Waals surface area (Å²) in [7, 11) is 0. The second-order valence-electron chi connectivity index (χ2n) is 17.2. The van der Waals surface area contributed by atoms with Gasteiger partial charge in [0.15, 0.2) is 0 Å². The molecule has 0 atom stereocenters. The summed E-state index contributed by atoms with van der Waals surface area (Å²) in [6, 6.07) is 42.5. The van der Waals surface area contributed by atoms with Gasteiger partial charge in [-0.15, -0.1) is 0 Å². The molecule has 2 nitrogen and oxygen atoms in total. The lowest BCUT2D eigenvalue weighted by Crippen LogP contribution is -2.13. The van der Waals surface area contributed by atoms with E-state index in [0.717, 1.165) is 95.4 Å². The highest BCUT2D eigenvalue weighted by molar-refractivity contribution is 6.12. The van der Waals surface area contributed by atoms with E-state index in [4.69, 9.17) is 0 Å². The molecular formula is C56H42F6N2. The van der Waals surface area contributed by atoms with Crippen LogP contribution in [0, 0.1) is 41.5 Å². The fraction of sp³-hybridized carbons (Fsp3) is 0.143. The molecule has 318 valence electrons. The summed E-state index contributed by atoms with van der Waals surface area (Å²) in [4.78, 5) is 0. The van der Waals surface area contributed by atoms with E-state index < -0.39 is 23.5 Å². The molecular weight excluding hydrogens is 815 g/mol. The average Bonchev–Trinajstić information content (AvgIpc) is 3.74. The number of hydrogen-bond donors (Lipinski definition) is 0. The van der Waals surface area contributed by atoms with Crippen molar-refractivity contribution in [2.45, 2.75) is 53.9 Å². The van der Waals surface area contributed by atoms with E-state index in [1.807, 2.05) is 114 Å². The molecule has 0 bridgehead atoms. The van der Waals surface area contributed by atoms with Crippen LogP contribution in [0.15, 0.2) is 146 Å². The van der Waals surface area contributed by atoms with Crippen molar-refractivity contribution in [3.8, 4) is 44.8 Å². The van der Waals surface area contributed by atoms with Gasteiger partial charge in [-0.05, 0) is 140 Å². The van der Waals surface area contributed by atoms with Crippen LogP contribution in [0.2, 0.25) is 0 Å². The van der Waals surface area contributed by atoms with E-state index in [2.05, 4.69) is 24.3 Å². The molecule has 0 unspecified atom stereocenters. The predicted molar refractivity (Wildman–Crippen MR) is 250 cm³/mol. The lowest BCUT2D eigenvalue weighted by Gasteiger charge is -2.23. The number of nitrogens with zero attached hydrogens (tertiary/aromatic N) is 2. The summed E-state index contributed by atoms with van der Waals surface area (Å²) in [6.45, 7) is 12.2. The minimum Gasteiger partial charge on any atom is -0.309 e. The molecule has 0 aliphatic rings. The Kier molecular flexibility index (Phi) is 9.45. The largest absolute Gasteiger partial charge is 0.418 e. The van der Waals surface area contributed by atoms with Gasteiger partial charge >= 0.3 is 12.4 Å². The van der Waals surface area contributed by atoms with Crippen LogP contribution in [0.3, 0.4) is 0 Å². The number of rotatable bonds is 5. The van der Waals surface area contributed by atoms with Crippen molar-refractivity contribution in [2.75, 3.05) is 0 Å². The Labute approximate surface area is 366 Å². The third kappa shape index (κ3) is 6.66. The first-order chi connectivity index (χ1) is 30.5. The highest BCUT2D eigenvalue weighted by atomic mass is 19.4. The SMILES string of the molecule is Cc1cc(C)c(-c2ccc3c4ccccc4n(-c4cc(C(F)(F)F)c(-n5c6ccccc6c6ccc(-c7c(C)cc(C)cc7C)cc65)cc4-c4cccc(C(F)(F)F)c4)c3c2)c(C)c1. The van der Waals surface area contributed by atoms with Crippen molar-refractivity contribution in [1.82, 2.24) is 9.13 Å². The third-order valence-corrected chi connectivity index (χ3v) is 12.7. The maximum Gasteiger partial charge on any atom is 0.418 e. The van der Waals surface area contributed by atoms with Crippen molar-refractivity contribution in [3.05, 3.63) is 190 Å². The quantitative estimate of drug-likeness (QED) is 0.153. The number of aryl methyl sites for hydroxylation is 6. The summed E-state index contributed by atoms with van der Waals surface area (Å²) < 4.78 is 95.5. The molecule has 0 spiro atoms. The summed E-state index contributed by atoms with van der Waals surface area (Å²) in [6.07, 6.45) is -9.60. The lowest BCUT2D eigenvalue weighted by molar-refractivity contribution is -0.138. The maximum absolute atomic E-state index is 16.2. The summed E-state index contributed by atoms with van der Waals surface area (Å²) in [5.41, 5.74) is 10.8. The zero-order valence-electron chi connectivity index (χ0n) is 36.0. The molecule has 64 heavy (non-hydrogen) atoms. The number of hydrogen-bond acceptors (Lipinski definition) is 0.